The topological polar surface area (TPSA) is 73.9 Å². The van der Waals surface area contributed by atoms with Crippen LogP contribution in [-0.2, 0) is 16.0 Å². The van der Waals surface area contributed by atoms with Gasteiger partial charge >= 0.3 is 5.97 Å². The number of nitrogens with one attached hydrogen (secondary N) is 1. The van der Waals surface area contributed by atoms with Crippen LogP contribution in [0.15, 0.2) is 42.5 Å². The minimum Gasteiger partial charge on any atom is -0.454 e. The third kappa shape index (κ3) is 4.14. The molecular weight excluding hydrogens is 334 g/mol. The SMILES string of the molecule is CCc1ccc([C@H](C)NC(=O)COC(=O)c2ccc3c(c2)OCO3)cc1. The van der Waals surface area contributed by atoms with Crippen molar-refractivity contribution in [2.24, 2.45) is 0 Å². The zero-order valence-corrected chi connectivity index (χ0v) is 14.8. The standard InChI is InChI=1S/C20H21NO5/c1-3-14-4-6-15(7-5-14)13(2)21-19(22)11-24-20(23)16-8-9-17-18(10-16)26-12-25-17/h4-10,13H,3,11-12H2,1-2H3,(H,21,22)/t13-/m0/s1. The monoisotopic (exact) mass is 355 g/mol. The molecule has 136 valence electrons. The van der Waals surface area contributed by atoms with E-state index in [9.17, 15) is 9.59 Å². The molecule has 1 aliphatic rings. The molecule has 1 N–H and O–H groups in total. The van der Waals surface area contributed by atoms with E-state index in [1.165, 1.54) is 5.56 Å². The Morgan fingerprint density at radius 1 is 1.12 bits per heavy atom. The molecule has 2 aromatic carbocycles. The summed E-state index contributed by atoms with van der Waals surface area (Å²) in [4.78, 5) is 24.1. The average Bonchev–Trinajstić information content (AvgIpc) is 3.13. The van der Waals surface area contributed by atoms with Crippen LogP contribution >= 0.6 is 0 Å². The molecule has 0 radical (unpaired) electrons. The second kappa shape index (κ2) is 7.91. The van der Waals surface area contributed by atoms with Crippen LogP contribution in [-0.4, -0.2) is 25.3 Å². The quantitative estimate of drug-likeness (QED) is 0.807. The van der Waals surface area contributed by atoms with E-state index >= 15 is 0 Å². The lowest BCUT2D eigenvalue weighted by atomic mass is 10.1. The Hall–Kier alpha value is -3.02. The van der Waals surface area contributed by atoms with Crippen LogP contribution in [0.5, 0.6) is 11.5 Å². The Morgan fingerprint density at radius 2 is 1.85 bits per heavy atom. The molecule has 3 rings (SSSR count). The summed E-state index contributed by atoms with van der Waals surface area (Å²) in [7, 11) is 0. The third-order valence-electron chi connectivity index (χ3n) is 4.21. The van der Waals surface area contributed by atoms with Crippen LogP contribution in [0.4, 0.5) is 0 Å². The van der Waals surface area contributed by atoms with Crippen LogP contribution < -0.4 is 14.8 Å². The van der Waals surface area contributed by atoms with Gasteiger partial charge in [-0.1, -0.05) is 31.2 Å². The summed E-state index contributed by atoms with van der Waals surface area (Å²) in [6, 6.07) is 12.6. The van der Waals surface area contributed by atoms with Crippen LogP contribution in [0.2, 0.25) is 0 Å². The zero-order chi connectivity index (χ0) is 18.5. The smallest absolute Gasteiger partial charge is 0.338 e. The molecule has 0 bridgehead atoms. The fourth-order valence-corrected chi connectivity index (χ4v) is 2.65. The molecule has 1 aliphatic heterocycles. The number of benzene rings is 2. The highest BCUT2D eigenvalue weighted by atomic mass is 16.7. The van der Waals surface area contributed by atoms with Crippen LogP contribution in [0.25, 0.3) is 0 Å². The van der Waals surface area contributed by atoms with Crippen molar-refractivity contribution < 1.29 is 23.8 Å². The van der Waals surface area contributed by atoms with Gasteiger partial charge in [0, 0.05) is 0 Å². The number of ether oxygens (including phenoxy) is 3. The lowest BCUT2D eigenvalue weighted by molar-refractivity contribution is -0.124. The van der Waals surface area contributed by atoms with Crippen molar-refractivity contribution in [1.29, 1.82) is 0 Å². The van der Waals surface area contributed by atoms with Crippen molar-refractivity contribution >= 4 is 11.9 Å². The second-order valence-electron chi connectivity index (χ2n) is 6.03. The van der Waals surface area contributed by atoms with Gasteiger partial charge in [0.2, 0.25) is 6.79 Å². The van der Waals surface area contributed by atoms with Gasteiger partial charge in [0.1, 0.15) is 0 Å². The maximum absolute atomic E-state index is 12.1. The molecule has 0 spiro atoms. The average molecular weight is 355 g/mol. The molecule has 6 nitrogen and oxygen atoms in total. The van der Waals surface area contributed by atoms with Crippen LogP contribution in [0.1, 0.15) is 41.4 Å². The van der Waals surface area contributed by atoms with E-state index in [0.717, 1.165) is 12.0 Å². The maximum Gasteiger partial charge on any atom is 0.338 e. The number of hydrogen-bond donors (Lipinski definition) is 1. The van der Waals surface area contributed by atoms with E-state index in [2.05, 4.69) is 12.2 Å². The predicted octanol–water partition coefficient (Wildman–Crippen LogP) is 3.01. The van der Waals surface area contributed by atoms with Gasteiger partial charge in [-0.15, -0.1) is 0 Å². The minimum absolute atomic E-state index is 0.132. The van der Waals surface area contributed by atoms with Crippen molar-refractivity contribution in [3.63, 3.8) is 0 Å². The largest absolute Gasteiger partial charge is 0.454 e. The Balaban J connectivity index is 1.50. The molecular formula is C20H21NO5. The molecule has 1 atom stereocenters. The maximum atomic E-state index is 12.1. The minimum atomic E-state index is -0.585. The molecule has 2 aromatic rings. The van der Waals surface area contributed by atoms with Crippen LogP contribution in [0.3, 0.4) is 0 Å². The van der Waals surface area contributed by atoms with E-state index in [0.29, 0.717) is 17.1 Å². The molecule has 0 unspecified atom stereocenters. The van der Waals surface area contributed by atoms with Crippen molar-refractivity contribution in [3.05, 3.63) is 59.2 Å². The third-order valence-corrected chi connectivity index (χ3v) is 4.21. The van der Waals surface area contributed by atoms with E-state index < -0.39 is 5.97 Å². The number of aryl methyl sites for hydroxylation is 1. The molecule has 1 heterocycles. The predicted molar refractivity (Wildman–Crippen MR) is 95.2 cm³/mol. The van der Waals surface area contributed by atoms with Crippen molar-refractivity contribution in [3.8, 4) is 11.5 Å². The lowest BCUT2D eigenvalue weighted by Crippen LogP contribution is -2.31. The molecule has 0 saturated heterocycles. The van der Waals surface area contributed by atoms with Gasteiger partial charge in [-0.25, -0.2) is 4.79 Å². The van der Waals surface area contributed by atoms with Gasteiger partial charge in [-0.05, 0) is 42.7 Å². The summed E-state index contributed by atoms with van der Waals surface area (Å²) in [5, 5.41) is 2.82. The normalized spacial score (nSPS) is 13.2. The van der Waals surface area contributed by atoms with Gasteiger partial charge in [0.15, 0.2) is 18.1 Å². The van der Waals surface area contributed by atoms with E-state index in [-0.39, 0.29) is 25.3 Å². The van der Waals surface area contributed by atoms with Gasteiger partial charge in [-0.3, -0.25) is 4.79 Å². The first-order valence-corrected chi connectivity index (χ1v) is 8.51. The molecule has 0 saturated carbocycles. The Morgan fingerprint density at radius 3 is 2.58 bits per heavy atom. The number of amides is 1. The highest BCUT2D eigenvalue weighted by Gasteiger charge is 2.18. The second-order valence-corrected chi connectivity index (χ2v) is 6.03. The van der Waals surface area contributed by atoms with Crippen molar-refractivity contribution in [2.45, 2.75) is 26.3 Å². The van der Waals surface area contributed by atoms with E-state index in [1.54, 1.807) is 18.2 Å². The first-order valence-electron chi connectivity index (χ1n) is 8.51. The highest BCUT2D eigenvalue weighted by Crippen LogP contribution is 2.32. The molecule has 26 heavy (non-hydrogen) atoms. The molecule has 1 amide bonds. The van der Waals surface area contributed by atoms with Crippen molar-refractivity contribution in [2.75, 3.05) is 13.4 Å². The summed E-state index contributed by atoms with van der Waals surface area (Å²) >= 11 is 0. The number of rotatable bonds is 6. The Kier molecular flexibility index (Phi) is 5.41. The molecule has 0 aliphatic carbocycles. The number of carbonyl (C=O) groups is 2. The Bertz CT molecular complexity index is 800. The molecule has 0 fully saturated rings. The molecule has 0 aromatic heterocycles. The van der Waals surface area contributed by atoms with Gasteiger partial charge in [-0.2, -0.15) is 0 Å². The van der Waals surface area contributed by atoms with Gasteiger partial charge in [0.25, 0.3) is 5.91 Å². The number of carbonyl (C=O) groups excluding carboxylic acids is 2. The fourth-order valence-electron chi connectivity index (χ4n) is 2.65. The summed E-state index contributed by atoms with van der Waals surface area (Å²) in [6.07, 6.45) is 0.969. The van der Waals surface area contributed by atoms with E-state index in [4.69, 9.17) is 14.2 Å². The number of hydrogen-bond acceptors (Lipinski definition) is 5. The van der Waals surface area contributed by atoms with Crippen molar-refractivity contribution in [1.82, 2.24) is 5.32 Å². The summed E-state index contributed by atoms with van der Waals surface area (Å²) < 4.78 is 15.5. The summed E-state index contributed by atoms with van der Waals surface area (Å²) in [5.41, 5.74) is 2.55. The highest BCUT2D eigenvalue weighted by molar-refractivity contribution is 5.92. The number of fused-ring (bicyclic) bond motifs is 1. The molecule has 6 heteroatoms. The zero-order valence-electron chi connectivity index (χ0n) is 14.8. The summed E-state index contributed by atoms with van der Waals surface area (Å²) in [5.74, 6) is 0.139. The fraction of sp³-hybridized carbons (Fsp3) is 0.300. The van der Waals surface area contributed by atoms with Gasteiger partial charge in [0.05, 0.1) is 11.6 Å². The number of esters is 1. The van der Waals surface area contributed by atoms with E-state index in [1.807, 2.05) is 31.2 Å². The lowest BCUT2D eigenvalue weighted by Gasteiger charge is -2.15. The first kappa shape index (κ1) is 17.8. The first-order chi connectivity index (χ1) is 12.6. The Labute approximate surface area is 152 Å². The van der Waals surface area contributed by atoms with Gasteiger partial charge < -0.3 is 19.5 Å². The summed E-state index contributed by atoms with van der Waals surface area (Å²) in [6.45, 7) is 3.77. The van der Waals surface area contributed by atoms with Crippen LogP contribution in [0, 0.1) is 0 Å².